The Hall–Kier alpha value is -3.86. The third-order valence-electron chi connectivity index (χ3n) is 4.70. The summed E-state index contributed by atoms with van der Waals surface area (Å²) in [6.45, 7) is 1.93. The zero-order valence-electron chi connectivity index (χ0n) is 16.1. The van der Waals surface area contributed by atoms with E-state index in [9.17, 15) is 9.59 Å². The van der Waals surface area contributed by atoms with Gasteiger partial charge in [-0.3, -0.25) is 9.36 Å². The maximum Gasteiger partial charge on any atom is 0.345 e. The predicted octanol–water partition coefficient (Wildman–Crippen LogP) is 4.53. The highest BCUT2D eigenvalue weighted by molar-refractivity contribution is 6.04. The van der Waals surface area contributed by atoms with Gasteiger partial charge in [0, 0.05) is 22.7 Å². The molecule has 0 fully saturated rings. The second-order valence-corrected chi connectivity index (χ2v) is 6.67. The molecule has 29 heavy (non-hydrogen) atoms. The molecule has 4 aromatic rings. The lowest BCUT2D eigenvalue weighted by atomic mass is 10.1. The molecule has 5 heteroatoms. The van der Waals surface area contributed by atoms with Gasteiger partial charge >= 0.3 is 5.97 Å². The van der Waals surface area contributed by atoms with Crippen molar-refractivity contribution in [3.05, 3.63) is 100 Å². The molecular weight excluding hydrogens is 366 g/mol. The maximum absolute atomic E-state index is 13.0. The van der Waals surface area contributed by atoms with Gasteiger partial charge in [0.05, 0.1) is 12.7 Å². The van der Waals surface area contributed by atoms with Crippen LogP contribution >= 0.6 is 0 Å². The highest BCUT2D eigenvalue weighted by Crippen LogP contribution is 2.21. The van der Waals surface area contributed by atoms with E-state index >= 15 is 0 Å². The van der Waals surface area contributed by atoms with Crippen LogP contribution in [0.4, 0.5) is 0 Å². The van der Waals surface area contributed by atoms with Crippen LogP contribution in [-0.2, 0) is 0 Å². The summed E-state index contributed by atoms with van der Waals surface area (Å²) in [4.78, 5) is 26.0. The summed E-state index contributed by atoms with van der Waals surface area (Å²) >= 11 is 0. The molecular formula is C24H19NO4. The largest absolute Gasteiger partial charge is 0.497 e. The predicted molar refractivity (Wildman–Crippen MR) is 112 cm³/mol. The molecule has 0 amide bonds. The van der Waals surface area contributed by atoms with Crippen molar-refractivity contribution in [1.82, 2.24) is 4.57 Å². The molecule has 0 spiro atoms. The Morgan fingerprint density at radius 2 is 1.59 bits per heavy atom. The molecule has 0 saturated carbocycles. The second-order valence-electron chi connectivity index (χ2n) is 6.67. The number of aromatic nitrogens is 1. The topological polar surface area (TPSA) is 57.5 Å². The zero-order chi connectivity index (χ0) is 20.4. The summed E-state index contributed by atoms with van der Waals surface area (Å²) in [7, 11) is 1.58. The Labute approximate surface area is 167 Å². The highest BCUT2D eigenvalue weighted by Gasteiger charge is 2.17. The first-order valence-electron chi connectivity index (χ1n) is 9.14. The van der Waals surface area contributed by atoms with Crippen LogP contribution < -0.4 is 15.0 Å². The second kappa shape index (κ2) is 7.64. The third-order valence-corrected chi connectivity index (χ3v) is 4.70. The number of carbonyl (C=O) groups excluding carboxylic acids is 1. The monoisotopic (exact) mass is 385 g/mol. The average Bonchev–Trinajstić information content (AvgIpc) is 2.74. The van der Waals surface area contributed by atoms with E-state index in [1.807, 2.05) is 19.1 Å². The molecule has 4 rings (SSSR count). The molecule has 0 aliphatic rings. The van der Waals surface area contributed by atoms with Crippen LogP contribution in [0, 0.1) is 6.92 Å². The minimum atomic E-state index is -0.519. The van der Waals surface area contributed by atoms with Crippen molar-refractivity contribution in [2.75, 3.05) is 7.11 Å². The van der Waals surface area contributed by atoms with E-state index in [2.05, 4.69) is 0 Å². The molecule has 0 unspecified atom stereocenters. The molecule has 3 aromatic carbocycles. The number of pyridine rings is 1. The van der Waals surface area contributed by atoms with E-state index in [4.69, 9.17) is 9.47 Å². The van der Waals surface area contributed by atoms with Gasteiger partial charge in [-0.15, -0.1) is 0 Å². The summed E-state index contributed by atoms with van der Waals surface area (Å²) in [5.74, 6) is 0.622. The molecule has 0 radical (unpaired) electrons. The number of carbonyl (C=O) groups is 1. The first-order chi connectivity index (χ1) is 14.1. The van der Waals surface area contributed by atoms with E-state index in [1.165, 1.54) is 10.8 Å². The smallest absolute Gasteiger partial charge is 0.345 e. The van der Waals surface area contributed by atoms with Crippen molar-refractivity contribution in [2.24, 2.45) is 0 Å². The van der Waals surface area contributed by atoms with Crippen LogP contribution in [0.5, 0.6) is 11.5 Å². The molecule has 0 aliphatic heterocycles. The van der Waals surface area contributed by atoms with Gasteiger partial charge < -0.3 is 9.47 Å². The number of ether oxygens (including phenoxy) is 2. The van der Waals surface area contributed by atoms with Crippen LogP contribution in [0.15, 0.2) is 83.8 Å². The minimum absolute atomic E-state index is 0.210. The number of methoxy groups -OCH3 is 1. The highest BCUT2D eigenvalue weighted by atomic mass is 16.5. The SMILES string of the molecule is COc1ccc(-n2cc(C(=O)Oc3cccc(C)c3)c3ccccc3c2=O)cc1. The van der Waals surface area contributed by atoms with Gasteiger partial charge in [0.25, 0.3) is 5.56 Å². The first-order valence-corrected chi connectivity index (χ1v) is 9.14. The minimum Gasteiger partial charge on any atom is -0.497 e. The van der Waals surface area contributed by atoms with E-state index in [0.29, 0.717) is 33.5 Å². The summed E-state index contributed by atoms with van der Waals surface area (Å²) in [5.41, 5.74) is 1.73. The number of aryl methyl sites for hydroxylation is 1. The third kappa shape index (κ3) is 3.62. The van der Waals surface area contributed by atoms with Gasteiger partial charge in [-0.05, 0) is 55.0 Å². The number of hydrogen-bond donors (Lipinski definition) is 0. The van der Waals surface area contributed by atoms with Gasteiger partial charge in [0.2, 0.25) is 0 Å². The van der Waals surface area contributed by atoms with Gasteiger partial charge in [-0.1, -0.05) is 30.3 Å². The molecule has 1 heterocycles. The maximum atomic E-state index is 13.0. The van der Waals surface area contributed by atoms with Crippen LogP contribution in [-0.4, -0.2) is 17.6 Å². The van der Waals surface area contributed by atoms with Crippen molar-refractivity contribution in [1.29, 1.82) is 0 Å². The van der Waals surface area contributed by atoms with Gasteiger partial charge in [0.1, 0.15) is 11.5 Å². The number of nitrogens with zero attached hydrogens (tertiary/aromatic N) is 1. The summed E-state index contributed by atoms with van der Waals surface area (Å²) in [6, 6.07) is 21.4. The molecule has 0 aliphatic carbocycles. The van der Waals surface area contributed by atoms with Crippen LogP contribution in [0.25, 0.3) is 16.5 Å². The number of fused-ring (bicyclic) bond motifs is 1. The Bertz CT molecular complexity index is 1260. The lowest BCUT2D eigenvalue weighted by molar-refractivity contribution is 0.0736. The molecule has 1 aromatic heterocycles. The van der Waals surface area contributed by atoms with Crippen molar-refractivity contribution >= 4 is 16.7 Å². The number of hydrogen-bond acceptors (Lipinski definition) is 4. The van der Waals surface area contributed by atoms with E-state index in [-0.39, 0.29) is 5.56 Å². The zero-order valence-corrected chi connectivity index (χ0v) is 16.1. The van der Waals surface area contributed by atoms with Crippen molar-refractivity contribution < 1.29 is 14.3 Å². The average molecular weight is 385 g/mol. The quantitative estimate of drug-likeness (QED) is 0.383. The molecule has 0 saturated heterocycles. The summed E-state index contributed by atoms with van der Waals surface area (Å²) in [5, 5.41) is 1.00. The Morgan fingerprint density at radius 3 is 2.28 bits per heavy atom. The van der Waals surface area contributed by atoms with E-state index in [0.717, 1.165) is 5.56 Å². The Balaban J connectivity index is 1.85. The summed E-state index contributed by atoms with van der Waals surface area (Å²) < 4.78 is 12.2. The fraction of sp³-hybridized carbons (Fsp3) is 0.0833. The van der Waals surface area contributed by atoms with Gasteiger partial charge in [-0.2, -0.15) is 0 Å². The van der Waals surface area contributed by atoms with E-state index in [1.54, 1.807) is 67.8 Å². The summed E-state index contributed by atoms with van der Waals surface area (Å²) in [6.07, 6.45) is 1.53. The van der Waals surface area contributed by atoms with Crippen LogP contribution in [0.3, 0.4) is 0 Å². The Morgan fingerprint density at radius 1 is 0.862 bits per heavy atom. The fourth-order valence-corrected chi connectivity index (χ4v) is 3.23. The van der Waals surface area contributed by atoms with Crippen molar-refractivity contribution in [2.45, 2.75) is 6.92 Å². The Kier molecular flexibility index (Phi) is 4.87. The van der Waals surface area contributed by atoms with E-state index < -0.39 is 5.97 Å². The van der Waals surface area contributed by atoms with Crippen LogP contribution in [0.2, 0.25) is 0 Å². The van der Waals surface area contributed by atoms with Crippen molar-refractivity contribution in [3.8, 4) is 17.2 Å². The molecule has 0 bridgehead atoms. The number of benzene rings is 3. The molecule has 144 valence electrons. The fourth-order valence-electron chi connectivity index (χ4n) is 3.23. The molecule has 5 nitrogen and oxygen atoms in total. The number of rotatable bonds is 4. The molecule has 0 atom stereocenters. The van der Waals surface area contributed by atoms with Crippen LogP contribution in [0.1, 0.15) is 15.9 Å². The number of esters is 1. The van der Waals surface area contributed by atoms with Gasteiger partial charge in [0.15, 0.2) is 0 Å². The van der Waals surface area contributed by atoms with Gasteiger partial charge in [-0.25, -0.2) is 4.79 Å². The standard InChI is InChI=1S/C24H19NO4/c1-16-6-5-7-19(14-16)29-24(27)22-15-25(17-10-12-18(28-2)13-11-17)23(26)21-9-4-3-8-20(21)22/h3-15H,1-2H3. The molecule has 0 N–H and O–H groups in total. The lowest BCUT2D eigenvalue weighted by Crippen LogP contribution is -2.22. The normalized spacial score (nSPS) is 10.7. The lowest BCUT2D eigenvalue weighted by Gasteiger charge is -2.13. The first kappa shape index (κ1) is 18.5. The van der Waals surface area contributed by atoms with Crippen molar-refractivity contribution in [3.63, 3.8) is 0 Å².